The third-order valence-electron chi connectivity index (χ3n) is 5.30. The second kappa shape index (κ2) is 9.54. The molecule has 0 N–H and O–H groups in total. The molecule has 10 heteroatoms. The number of carbonyl (C=O) groups is 2. The van der Waals surface area contributed by atoms with Gasteiger partial charge in [-0.2, -0.15) is 4.98 Å². The Hall–Kier alpha value is -3.82. The molecule has 2 aromatic heterocycles. The van der Waals surface area contributed by atoms with E-state index >= 15 is 0 Å². The molecule has 0 bridgehead atoms. The zero-order valence-electron chi connectivity index (χ0n) is 17.8. The number of hydrogen-bond donors (Lipinski definition) is 0. The number of rotatable bonds is 7. The first-order valence-electron chi connectivity index (χ1n) is 10.1. The van der Waals surface area contributed by atoms with Crippen LogP contribution in [0.2, 0.25) is 0 Å². The van der Waals surface area contributed by atoms with Crippen molar-refractivity contribution in [3.05, 3.63) is 48.2 Å². The zero-order chi connectivity index (χ0) is 22.5. The first-order chi connectivity index (χ1) is 15.6. The van der Waals surface area contributed by atoms with E-state index in [1.165, 1.54) is 13.4 Å². The summed E-state index contributed by atoms with van der Waals surface area (Å²) >= 11 is 0. The minimum Gasteiger partial charge on any atom is -0.497 e. The number of ether oxygens (including phenoxy) is 3. The van der Waals surface area contributed by atoms with Crippen molar-refractivity contribution in [3.63, 3.8) is 0 Å². The van der Waals surface area contributed by atoms with Gasteiger partial charge in [0.25, 0.3) is 11.8 Å². The highest BCUT2D eigenvalue weighted by Crippen LogP contribution is 2.31. The predicted octanol–water partition coefficient (Wildman–Crippen LogP) is 2.94. The van der Waals surface area contributed by atoms with E-state index in [1.54, 1.807) is 42.3 Å². The molecule has 32 heavy (non-hydrogen) atoms. The van der Waals surface area contributed by atoms with Crippen molar-refractivity contribution < 1.29 is 32.7 Å². The highest BCUT2D eigenvalue weighted by atomic mass is 16.6. The van der Waals surface area contributed by atoms with E-state index in [0.29, 0.717) is 54.6 Å². The van der Waals surface area contributed by atoms with Gasteiger partial charge in [0, 0.05) is 19.2 Å². The second-order valence-electron chi connectivity index (χ2n) is 7.23. The van der Waals surface area contributed by atoms with Crippen LogP contribution in [0.3, 0.4) is 0 Å². The van der Waals surface area contributed by atoms with Gasteiger partial charge in [-0.05, 0) is 37.1 Å². The number of esters is 1. The summed E-state index contributed by atoms with van der Waals surface area (Å²) in [6.07, 6.45) is 2.50. The molecule has 1 fully saturated rings. The molecule has 168 valence electrons. The Bertz CT molecular complexity index is 1070. The summed E-state index contributed by atoms with van der Waals surface area (Å²) in [5, 5.41) is 3.94. The Labute approximate surface area is 184 Å². The van der Waals surface area contributed by atoms with Crippen LogP contribution in [0, 0.1) is 5.92 Å². The first kappa shape index (κ1) is 21.4. The highest BCUT2D eigenvalue weighted by Gasteiger charge is 2.30. The van der Waals surface area contributed by atoms with Crippen LogP contribution in [0.15, 0.2) is 45.5 Å². The van der Waals surface area contributed by atoms with Gasteiger partial charge in [0.15, 0.2) is 12.4 Å². The number of hydrogen-bond acceptors (Lipinski definition) is 9. The number of furan rings is 1. The van der Waals surface area contributed by atoms with E-state index in [-0.39, 0.29) is 30.3 Å². The normalized spacial score (nSPS) is 14.2. The SMILES string of the molecule is COc1ccc(-c2noc(COC(=O)C3CCN(C(=O)c4ccco4)CC3)n2)c(OC)c1. The maximum absolute atomic E-state index is 12.5. The van der Waals surface area contributed by atoms with E-state index in [1.807, 2.05) is 0 Å². The number of amides is 1. The topological polar surface area (TPSA) is 117 Å². The van der Waals surface area contributed by atoms with Crippen molar-refractivity contribution in [2.24, 2.45) is 5.92 Å². The number of methoxy groups -OCH3 is 2. The second-order valence-corrected chi connectivity index (χ2v) is 7.23. The van der Waals surface area contributed by atoms with Crippen LogP contribution in [0.1, 0.15) is 29.3 Å². The van der Waals surface area contributed by atoms with Gasteiger partial charge in [-0.25, -0.2) is 0 Å². The highest BCUT2D eigenvalue weighted by molar-refractivity contribution is 5.91. The van der Waals surface area contributed by atoms with Crippen molar-refractivity contribution in [3.8, 4) is 22.9 Å². The molecular formula is C22H23N3O7. The van der Waals surface area contributed by atoms with Crippen molar-refractivity contribution in [1.29, 1.82) is 0 Å². The first-order valence-corrected chi connectivity index (χ1v) is 10.1. The fourth-order valence-electron chi connectivity index (χ4n) is 3.53. The molecule has 1 saturated heterocycles. The summed E-state index contributed by atoms with van der Waals surface area (Å²) in [5.41, 5.74) is 0.628. The van der Waals surface area contributed by atoms with Crippen molar-refractivity contribution in [2.45, 2.75) is 19.4 Å². The van der Waals surface area contributed by atoms with Gasteiger partial charge in [-0.15, -0.1) is 0 Å². The molecule has 3 heterocycles. The summed E-state index contributed by atoms with van der Waals surface area (Å²) in [7, 11) is 3.10. The average Bonchev–Trinajstić information content (AvgIpc) is 3.54. The van der Waals surface area contributed by atoms with E-state index in [0.717, 1.165) is 0 Å². The molecule has 1 amide bonds. The minimum atomic E-state index is -0.350. The summed E-state index contributed by atoms with van der Waals surface area (Å²) in [6, 6.07) is 8.54. The van der Waals surface area contributed by atoms with Gasteiger partial charge < -0.3 is 28.1 Å². The lowest BCUT2D eigenvalue weighted by molar-refractivity contribution is -0.152. The Morgan fingerprint density at radius 2 is 1.97 bits per heavy atom. The minimum absolute atomic E-state index is 0.129. The summed E-state index contributed by atoms with van der Waals surface area (Å²) in [5.74, 6) is 1.15. The van der Waals surface area contributed by atoms with E-state index < -0.39 is 0 Å². The van der Waals surface area contributed by atoms with Gasteiger partial charge in [-0.3, -0.25) is 9.59 Å². The maximum atomic E-state index is 12.5. The molecule has 10 nitrogen and oxygen atoms in total. The number of nitrogens with zero attached hydrogens (tertiary/aromatic N) is 3. The quantitative estimate of drug-likeness (QED) is 0.510. The molecule has 0 spiro atoms. The molecular weight excluding hydrogens is 418 g/mol. The molecule has 0 unspecified atom stereocenters. The Morgan fingerprint density at radius 1 is 1.16 bits per heavy atom. The van der Waals surface area contributed by atoms with Crippen LogP contribution in [0.5, 0.6) is 11.5 Å². The summed E-state index contributed by atoms with van der Waals surface area (Å²) < 4.78 is 26.3. The number of piperidine rings is 1. The van der Waals surface area contributed by atoms with Crippen molar-refractivity contribution in [2.75, 3.05) is 27.3 Å². The molecule has 1 aliphatic heterocycles. The summed E-state index contributed by atoms with van der Waals surface area (Å²) in [4.78, 5) is 30.7. The average molecular weight is 441 g/mol. The molecule has 1 aromatic carbocycles. The standard InChI is InChI=1S/C22H23N3O7/c1-28-15-5-6-16(18(12-15)29-2)20-23-19(32-24-20)13-31-22(27)14-7-9-25(10-8-14)21(26)17-4-3-11-30-17/h3-6,11-12,14H,7-10,13H2,1-2H3. The summed E-state index contributed by atoms with van der Waals surface area (Å²) in [6.45, 7) is 0.790. The number of benzene rings is 1. The molecule has 3 aromatic rings. The lowest BCUT2D eigenvalue weighted by Gasteiger charge is -2.30. The van der Waals surface area contributed by atoms with Crippen LogP contribution in [-0.4, -0.2) is 54.2 Å². The van der Waals surface area contributed by atoms with Crippen molar-refractivity contribution in [1.82, 2.24) is 15.0 Å². The number of aromatic nitrogens is 2. The smallest absolute Gasteiger partial charge is 0.309 e. The fraction of sp³-hybridized carbons (Fsp3) is 0.364. The zero-order valence-corrected chi connectivity index (χ0v) is 17.8. The predicted molar refractivity (Wildman–Crippen MR) is 110 cm³/mol. The third-order valence-corrected chi connectivity index (χ3v) is 5.30. The number of likely N-dealkylation sites (tertiary alicyclic amines) is 1. The van der Waals surface area contributed by atoms with E-state index in [9.17, 15) is 9.59 Å². The lowest BCUT2D eigenvalue weighted by Crippen LogP contribution is -2.40. The van der Waals surface area contributed by atoms with Gasteiger partial charge in [0.2, 0.25) is 5.82 Å². The molecule has 0 atom stereocenters. The van der Waals surface area contributed by atoms with Gasteiger partial charge in [0.05, 0.1) is 32.0 Å². The number of carbonyl (C=O) groups excluding carboxylic acids is 2. The van der Waals surface area contributed by atoms with E-state index in [4.69, 9.17) is 23.2 Å². The fourth-order valence-corrected chi connectivity index (χ4v) is 3.53. The van der Waals surface area contributed by atoms with Gasteiger partial charge in [0.1, 0.15) is 11.5 Å². The molecule has 0 radical (unpaired) electrons. The van der Waals surface area contributed by atoms with Gasteiger partial charge >= 0.3 is 5.97 Å². The van der Waals surface area contributed by atoms with Crippen LogP contribution >= 0.6 is 0 Å². The lowest BCUT2D eigenvalue weighted by atomic mass is 9.97. The Morgan fingerprint density at radius 3 is 2.66 bits per heavy atom. The van der Waals surface area contributed by atoms with Crippen molar-refractivity contribution >= 4 is 11.9 Å². The van der Waals surface area contributed by atoms with Crippen LogP contribution in [0.25, 0.3) is 11.4 Å². The molecule has 1 aliphatic rings. The largest absolute Gasteiger partial charge is 0.497 e. The Kier molecular flexibility index (Phi) is 6.39. The molecule has 0 saturated carbocycles. The van der Waals surface area contributed by atoms with Crippen LogP contribution < -0.4 is 9.47 Å². The van der Waals surface area contributed by atoms with Crippen LogP contribution in [0.4, 0.5) is 0 Å². The van der Waals surface area contributed by atoms with Gasteiger partial charge in [-0.1, -0.05) is 5.16 Å². The monoisotopic (exact) mass is 441 g/mol. The third kappa shape index (κ3) is 4.58. The maximum Gasteiger partial charge on any atom is 0.309 e. The van der Waals surface area contributed by atoms with E-state index in [2.05, 4.69) is 10.1 Å². The van der Waals surface area contributed by atoms with Crippen LogP contribution in [-0.2, 0) is 16.1 Å². The molecule has 0 aliphatic carbocycles. The molecule has 4 rings (SSSR count). The Balaban J connectivity index is 1.30.